The molecule has 0 amide bonds. The fourth-order valence-corrected chi connectivity index (χ4v) is 2.53. The summed E-state index contributed by atoms with van der Waals surface area (Å²) in [6, 6.07) is 7.34. The molecular formula is C14H11F3N2OS2. The number of hydrogen-bond donors (Lipinski definition) is 2. The lowest BCUT2D eigenvalue weighted by Gasteiger charge is -2.10. The third-order valence-electron chi connectivity index (χ3n) is 2.90. The van der Waals surface area contributed by atoms with Crippen molar-refractivity contribution in [2.75, 3.05) is 5.32 Å². The van der Waals surface area contributed by atoms with E-state index in [1.807, 2.05) is 6.07 Å². The molecule has 116 valence electrons. The first-order valence-corrected chi connectivity index (χ1v) is 7.53. The predicted molar refractivity (Wildman–Crippen MR) is 82.6 cm³/mol. The molecule has 0 aliphatic heterocycles. The van der Waals surface area contributed by atoms with Gasteiger partial charge in [0.05, 0.1) is 0 Å². The SMILES string of the molecule is N#CC(C(=S)Nc1ccc(SC(F)(F)F)cc1)=C(O)C1CC1. The van der Waals surface area contributed by atoms with E-state index in [1.54, 1.807) is 0 Å². The number of hydrogen-bond acceptors (Lipinski definition) is 4. The Morgan fingerprint density at radius 3 is 2.36 bits per heavy atom. The van der Waals surface area contributed by atoms with Crippen LogP contribution in [-0.2, 0) is 0 Å². The topological polar surface area (TPSA) is 56.0 Å². The van der Waals surface area contributed by atoms with Crippen LogP contribution in [0.5, 0.6) is 0 Å². The number of halogens is 3. The number of nitrogens with one attached hydrogen (secondary N) is 1. The molecule has 1 aliphatic rings. The highest BCUT2D eigenvalue weighted by molar-refractivity contribution is 8.00. The molecule has 0 bridgehead atoms. The number of rotatable bonds is 4. The monoisotopic (exact) mass is 344 g/mol. The minimum absolute atomic E-state index is 0.00578. The minimum Gasteiger partial charge on any atom is -0.511 e. The molecule has 0 saturated heterocycles. The number of anilines is 1. The Hall–Kier alpha value is -1.72. The zero-order valence-electron chi connectivity index (χ0n) is 11.1. The normalized spacial score (nSPS) is 15.7. The Labute approximate surface area is 134 Å². The summed E-state index contributed by atoms with van der Waals surface area (Å²) in [5.74, 6) is -0.0378. The third-order valence-corrected chi connectivity index (χ3v) is 3.95. The lowest BCUT2D eigenvalue weighted by atomic mass is 10.2. The molecule has 2 rings (SSSR count). The van der Waals surface area contributed by atoms with Crippen LogP contribution in [0.4, 0.5) is 18.9 Å². The van der Waals surface area contributed by atoms with Gasteiger partial charge < -0.3 is 10.4 Å². The summed E-state index contributed by atoms with van der Waals surface area (Å²) in [7, 11) is 0. The fourth-order valence-electron chi connectivity index (χ4n) is 1.72. The second kappa shape index (κ2) is 6.58. The Kier molecular flexibility index (Phi) is 4.98. The second-order valence-electron chi connectivity index (χ2n) is 4.67. The number of thiocarbonyl (C=S) groups is 1. The standard InChI is InChI=1S/C14H11F3N2OS2/c15-14(16,17)22-10-5-3-9(4-6-10)19-13(21)11(7-18)12(20)8-1-2-8/h3-6,8,20H,1-2H2,(H,19,21). The van der Waals surface area contributed by atoms with Gasteiger partial charge in [0.1, 0.15) is 22.4 Å². The van der Waals surface area contributed by atoms with Gasteiger partial charge in [-0.25, -0.2) is 0 Å². The first-order valence-electron chi connectivity index (χ1n) is 6.30. The molecule has 1 aromatic rings. The van der Waals surface area contributed by atoms with Crippen molar-refractivity contribution < 1.29 is 18.3 Å². The lowest BCUT2D eigenvalue weighted by molar-refractivity contribution is -0.0328. The van der Waals surface area contributed by atoms with Crippen molar-refractivity contribution in [3.63, 3.8) is 0 Å². The molecule has 1 fully saturated rings. The van der Waals surface area contributed by atoms with Gasteiger partial charge in [-0.05, 0) is 48.9 Å². The van der Waals surface area contributed by atoms with Crippen molar-refractivity contribution in [2.45, 2.75) is 23.2 Å². The average Bonchev–Trinajstić information content (AvgIpc) is 3.24. The molecule has 0 heterocycles. The predicted octanol–water partition coefficient (Wildman–Crippen LogP) is 4.78. The molecule has 0 radical (unpaired) electrons. The van der Waals surface area contributed by atoms with Gasteiger partial charge in [0, 0.05) is 16.5 Å². The van der Waals surface area contributed by atoms with Crippen molar-refractivity contribution in [3.05, 3.63) is 35.6 Å². The zero-order valence-corrected chi connectivity index (χ0v) is 12.8. The van der Waals surface area contributed by atoms with Crippen LogP contribution >= 0.6 is 24.0 Å². The van der Waals surface area contributed by atoms with Gasteiger partial charge in [-0.3, -0.25) is 0 Å². The molecule has 8 heteroatoms. The highest BCUT2D eigenvalue weighted by Crippen LogP contribution is 2.38. The number of alkyl halides is 3. The molecule has 0 aromatic heterocycles. The molecule has 0 unspecified atom stereocenters. The Balaban J connectivity index is 2.06. The number of allylic oxidation sites excluding steroid dienone is 1. The number of nitriles is 1. The molecular weight excluding hydrogens is 333 g/mol. The van der Waals surface area contributed by atoms with E-state index in [0.717, 1.165) is 12.8 Å². The molecule has 1 aromatic carbocycles. The fraction of sp³-hybridized carbons (Fsp3) is 0.286. The van der Waals surface area contributed by atoms with Crippen LogP contribution in [0, 0.1) is 17.2 Å². The van der Waals surface area contributed by atoms with E-state index < -0.39 is 5.51 Å². The maximum absolute atomic E-state index is 12.2. The Bertz CT molecular complexity index is 644. The largest absolute Gasteiger partial charge is 0.511 e. The quantitative estimate of drug-likeness (QED) is 0.271. The van der Waals surface area contributed by atoms with Crippen molar-refractivity contribution in [3.8, 4) is 6.07 Å². The van der Waals surface area contributed by atoms with Crippen LogP contribution in [0.3, 0.4) is 0 Å². The van der Waals surface area contributed by atoms with E-state index in [9.17, 15) is 18.3 Å². The molecule has 22 heavy (non-hydrogen) atoms. The number of aliphatic hydroxyl groups is 1. The van der Waals surface area contributed by atoms with Gasteiger partial charge in [0.15, 0.2) is 0 Å². The van der Waals surface area contributed by atoms with Gasteiger partial charge in [-0.1, -0.05) is 12.2 Å². The number of aliphatic hydroxyl groups excluding tert-OH is 1. The van der Waals surface area contributed by atoms with Gasteiger partial charge in [0.25, 0.3) is 0 Å². The van der Waals surface area contributed by atoms with Gasteiger partial charge >= 0.3 is 5.51 Å². The van der Waals surface area contributed by atoms with Crippen LogP contribution in [0.2, 0.25) is 0 Å². The molecule has 1 saturated carbocycles. The number of thioether (sulfide) groups is 1. The van der Waals surface area contributed by atoms with Crippen LogP contribution in [0.25, 0.3) is 0 Å². The first-order chi connectivity index (χ1) is 10.3. The lowest BCUT2D eigenvalue weighted by Crippen LogP contribution is -2.13. The first kappa shape index (κ1) is 16.6. The van der Waals surface area contributed by atoms with E-state index in [0.29, 0.717) is 5.69 Å². The van der Waals surface area contributed by atoms with Crippen LogP contribution in [0.1, 0.15) is 12.8 Å². The maximum atomic E-state index is 12.2. The van der Waals surface area contributed by atoms with Gasteiger partial charge in [0.2, 0.25) is 0 Å². The van der Waals surface area contributed by atoms with Crippen LogP contribution in [0.15, 0.2) is 40.5 Å². The maximum Gasteiger partial charge on any atom is 0.446 e. The van der Waals surface area contributed by atoms with E-state index in [4.69, 9.17) is 17.5 Å². The zero-order chi connectivity index (χ0) is 16.3. The van der Waals surface area contributed by atoms with E-state index in [-0.39, 0.29) is 38.9 Å². The van der Waals surface area contributed by atoms with Crippen LogP contribution < -0.4 is 5.32 Å². The van der Waals surface area contributed by atoms with Gasteiger partial charge in [-0.15, -0.1) is 0 Å². The summed E-state index contributed by atoms with van der Waals surface area (Å²) in [6.07, 6.45) is 1.64. The third kappa shape index (κ3) is 4.64. The van der Waals surface area contributed by atoms with E-state index >= 15 is 0 Å². The van der Waals surface area contributed by atoms with E-state index in [2.05, 4.69) is 5.32 Å². The summed E-state index contributed by atoms with van der Waals surface area (Å²) >= 11 is 4.86. The van der Waals surface area contributed by atoms with Crippen molar-refractivity contribution >= 4 is 34.7 Å². The molecule has 0 atom stereocenters. The average molecular weight is 344 g/mol. The molecule has 0 spiro atoms. The van der Waals surface area contributed by atoms with Crippen molar-refractivity contribution in [1.29, 1.82) is 5.26 Å². The summed E-state index contributed by atoms with van der Waals surface area (Å²) < 4.78 is 36.7. The van der Waals surface area contributed by atoms with Crippen LogP contribution in [-0.4, -0.2) is 15.6 Å². The number of nitrogens with zero attached hydrogens (tertiary/aromatic N) is 1. The van der Waals surface area contributed by atoms with Crippen molar-refractivity contribution in [2.24, 2.45) is 5.92 Å². The summed E-state index contributed by atoms with van der Waals surface area (Å²) in [6.45, 7) is 0. The summed E-state index contributed by atoms with van der Waals surface area (Å²) in [4.78, 5) is 0.115. The van der Waals surface area contributed by atoms with Gasteiger partial charge in [-0.2, -0.15) is 18.4 Å². The smallest absolute Gasteiger partial charge is 0.446 e. The summed E-state index contributed by atoms with van der Waals surface area (Å²) in [5.41, 5.74) is -3.88. The van der Waals surface area contributed by atoms with E-state index in [1.165, 1.54) is 24.3 Å². The second-order valence-corrected chi connectivity index (χ2v) is 6.22. The van der Waals surface area contributed by atoms with Crippen molar-refractivity contribution in [1.82, 2.24) is 0 Å². The molecule has 3 nitrogen and oxygen atoms in total. The Morgan fingerprint density at radius 2 is 1.91 bits per heavy atom. The number of benzene rings is 1. The summed E-state index contributed by atoms with van der Waals surface area (Å²) in [5, 5.41) is 21.7. The minimum atomic E-state index is -4.34. The highest BCUT2D eigenvalue weighted by atomic mass is 32.2. The Morgan fingerprint density at radius 1 is 1.32 bits per heavy atom. The molecule has 1 aliphatic carbocycles. The molecule has 2 N–H and O–H groups in total. The highest BCUT2D eigenvalue weighted by Gasteiger charge is 2.30.